The van der Waals surface area contributed by atoms with Gasteiger partial charge in [0.1, 0.15) is 0 Å². The summed E-state index contributed by atoms with van der Waals surface area (Å²) in [6.07, 6.45) is 1.17. The van der Waals surface area contributed by atoms with Gasteiger partial charge in [-0.25, -0.2) is 9.37 Å². The monoisotopic (exact) mass is 336 g/mol. The van der Waals surface area contributed by atoms with E-state index in [0.29, 0.717) is 5.95 Å². The number of nitrogens with zero attached hydrogens (tertiary/aromatic N) is 2. The van der Waals surface area contributed by atoms with Gasteiger partial charge in [-0.1, -0.05) is 24.3 Å². The predicted octanol–water partition coefficient (Wildman–Crippen LogP) is 5.34. The van der Waals surface area contributed by atoms with E-state index in [-0.39, 0.29) is 5.82 Å². The Morgan fingerprint density at radius 3 is 1.96 bits per heavy atom. The molecule has 128 valence electrons. The standard InChI is InChI=1S/C20H21FN4/c1-12-5-7-14(3)17(9-12)23-19-16(21)11-22-20(25-19)24-18-10-13(2)6-8-15(18)4/h5-11H,1-4H3,(H2,22,23,24,25). The molecule has 0 saturated heterocycles. The Morgan fingerprint density at radius 1 is 0.800 bits per heavy atom. The van der Waals surface area contributed by atoms with E-state index in [1.54, 1.807) is 0 Å². The Labute approximate surface area is 147 Å². The molecule has 2 N–H and O–H groups in total. The molecule has 0 aliphatic heterocycles. The Morgan fingerprint density at radius 2 is 1.36 bits per heavy atom. The Balaban J connectivity index is 1.90. The molecular formula is C20H21FN4. The summed E-state index contributed by atoms with van der Waals surface area (Å²) in [6.45, 7) is 7.98. The lowest BCUT2D eigenvalue weighted by atomic mass is 10.1. The fourth-order valence-corrected chi connectivity index (χ4v) is 2.50. The highest BCUT2D eigenvalue weighted by molar-refractivity contribution is 5.64. The summed E-state index contributed by atoms with van der Waals surface area (Å²) in [5.74, 6) is 0.00633. The Bertz CT molecular complexity index is 922. The van der Waals surface area contributed by atoms with Crippen LogP contribution < -0.4 is 10.6 Å². The zero-order chi connectivity index (χ0) is 18.0. The number of hydrogen-bond acceptors (Lipinski definition) is 4. The van der Waals surface area contributed by atoms with Crippen molar-refractivity contribution in [2.24, 2.45) is 0 Å². The third kappa shape index (κ3) is 3.94. The van der Waals surface area contributed by atoms with Crippen molar-refractivity contribution in [2.75, 3.05) is 10.6 Å². The first kappa shape index (κ1) is 16.9. The highest BCUT2D eigenvalue weighted by atomic mass is 19.1. The second kappa shape index (κ2) is 6.89. The molecule has 1 heterocycles. The normalized spacial score (nSPS) is 10.6. The van der Waals surface area contributed by atoms with Crippen LogP contribution in [0.15, 0.2) is 42.6 Å². The number of aryl methyl sites for hydroxylation is 4. The molecule has 5 heteroatoms. The summed E-state index contributed by atoms with van der Waals surface area (Å²) in [5.41, 5.74) is 6.05. The highest BCUT2D eigenvalue weighted by Gasteiger charge is 2.10. The number of benzene rings is 2. The van der Waals surface area contributed by atoms with E-state index in [1.807, 2.05) is 64.1 Å². The number of aromatic nitrogens is 2. The van der Waals surface area contributed by atoms with Gasteiger partial charge in [-0.3, -0.25) is 0 Å². The van der Waals surface area contributed by atoms with Gasteiger partial charge in [0.15, 0.2) is 11.6 Å². The van der Waals surface area contributed by atoms with Crippen LogP contribution in [-0.4, -0.2) is 9.97 Å². The molecule has 0 spiro atoms. The van der Waals surface area contributed by atoms with Crippen LogP contribution in [0.4, 0.5) is 27.5 Å². The molecule has 0 unspecified atom stereocenters. The van der Waals surface area contributed by atoms with Gasteiger partial charge in [-0.15, -0.1) is 0 Å². The van der Waals surface area contributed by atoms with E-state index in [0.717, 1.165) is 33.6 Å². The van der Waals surface area contributed by atoms with Crippen LogP contribution in [0.25, 0.3) is 0 Å². The molecule has 0 saturated carbocycles. The minimum Gasteiger partial charge on any atom is -0.337 e. The molecule has 3 rings (SSSR count). The van der Waals surface area contributed by atoms with Crippen LogP contribution in [0.1, 0.15) is 22.3 Å². The molecule has 0 atom stereocenters. The van der Waals surface area contributed by atoms with Crippen molar-refractivity contribution in [3.05, 3.63) is 70.7 Å². The van der Waals surface area contributed by atoms with E-state index >= 15 is 0 Å². The Hall–Kier alpha value is -2.95. The lowest BCUT2D eigenvalue weighted by Gasteiger charge is -2.13. The summed E-state index contributed by atoms with van der Waals surface area (Å²) in [5, 5.41) is 6.23. The first-order valence-corrected chi connectivity index (χ1v) is 8.13. The van der Waals surface area contributed by atoms with E-state index in [2.05, 4.69) is 20.6 Å². The first-order valence-electron chi connectivity index (χ1n) is 8.13. The van der Waals surface area contributed by atoms with Crippen LogP contribution >= 0.6 is 0 Å². The van der Waals surface area contributed by atoms with Crippen LogP contribution in [-0.2, 0) is 0 Å². The average molecular weight is 336 g/mol. The lowest BCUT2D eigenvalue weighted by Crippen LogP contribution is -2.05. The van der Waals surface area contributed by atoms with Crippen LogP contribution in [0.5, 0.6) is 0 Å². The van der Waals surface area contributed by atoms with Crippen molar-refractivity contribution in [3.8, 4) is 0 Å². The number of anilines is 4. The van der Waals surface area contributed by atoms with Gasteiger partial charge in [0.25, 0.3) is 0 Å². The van der Waals surface area contributed by atoms with Gasteiger partial charge in [-0.05, 0) is 62.1 Å². The molecular weight excluding hydrogens is 315 g/mol. The van der Waals surface area contributed by atoms with Crippen LogP contribution in [0.3, 0.4) is 0 Å². The zero-order valence-corrected chi connectivity index (χ0v) is 14.8. The van der Waals surface area contributed by atoms with Gasteiger partial charge in [0, 0.05) is 11.4 Å². The van der Waals surface area contributed by atoms with E-state index in [1.165, 1.54) is 6.20 Å². The first-order chi connectivity index (χ1) is 11.9. The van der Waals surface area contributed by atoms with E-state index in [4.69, 9.17) is 0 Å². The number of nitrogens with one attached hydrogen (secondary N) is 2. The molecule has 4 nitrogen and oxygen atoms in total. The summed E-state index contributed by atoms with van der Waals surface area (Å²) in [7, 11) is 0. The second-order valence-electron chi connectivity index (χ2n) is 6.28. The third-order valence-corrected chi connectivity index (χ3v) is 4.03. The molecule has 0 radical (unpaired) electrons. The van der Waals surface area contributed by atoms with Crippen molar-refractivity contribution in [1.82, 2.24) is 9.97 Å². The molecule has 0 aliphatic carbocycles. The van der Waals surface area contributed by atoms with Gasteiger partial charge >= 0.3 is 0 Å². The third-order valence-electron chi connectivity index (χ3n) is 4.03. The van der Waals surface area contributed by atoms with Crippen molar-refractivity contribution < 1.29 is 4.39 Å². The summed E-state index contributed by atoms with van der Waals surface area (Å²) in [4.78, 5) is 8.35. The van der Waals surface area contributed by atoms with Crippen molar-refractivity contribution in [2.45, 2.75) is 27.7 Å². The fraction of sp³-hybridized carbons (Fsp3) is 0.200. The molecule has 1 aromatic heterocycles. The van der Waals surface area contributed by atoms with Gasteiger partial charge in [-0.2, -0.15) is 4.98 Å². The maximum absolute atomic E-state index is 14.2. The van der Waals surface area contributed by atoms with E-state index < -0.39 is 5.82 Å². The maximum Gasteiger partial charge on any atom is 0.229 e. The highest BCUT2D eigenvalue weighted by Crippen LogP contribution is 2.25. The second-order valence-corrected chi connectivity index (χ2v) is 6.28. The van der Waals surface area contributed by atoms with Crippen molar-refractivity contribution >= 4 is 23.1 Å². The predicted molar refractivity (Wildman–Crippen MR) is 100 cm³/mol. The lowest BCUT2D eigenvalue weighted by molar-refractivity contribution is 0.619. The molecule has 0 amide bonds. The molecule has 0 fully saturated rings. The zero-order valence-electron chi connectivity index (χ0n) is 14.8. The topological polar surface area (TPSA) is 49.8 Å². The largest absolute Gasteiger partial charge is 0.337 e. The van der Waals surface area contributed by atoms with Crippen LogP contribution in [0, 0.1) is 33.5 Å². The number of rotatable bonds is 4. The van der Waals surface area contributed by atoms with Gasteiger partial charge in [0.2, 0.25) is 5.95 Å². The van der Waals surface area contributed by atoms with Crippen molar-refractivity contribution in [3.63, 3.8) is 0 Å². The minimum atomic E-state index is -0.493. The average Bonchev–Trinajstić information content (AvgIpc) is 2.57. The van der Waals surface area contributed by atoms with E-state index in [9.17, 15) is 4.39 Å². The smallest absolute Gasteiger partial charge is 0.229 e. The van der Waals surface area contributed by atoms with Crippen LogP contribution in [0.2, 0.25) is 0 Å². The quantitative estimate of drug-likeness (QED) is 0.675. The summed E-state index contributed by atoms with van der Waals surface area (Å²) in [6, 6.07) is 12.1. The Kier molecular flexibility index (Phi) is 4.65. The number of hydrogen-bond donors (Lipinski definition) is 2. The van der Waals surface area contributed by atoms with Gasteiger partial charge < -0.3 is 10.6 Å². The molecule has 2 aromatic carbocycles. The van der Waals surface area contributed by atoms with Gasteiger partial charge in [0.05, 0.1) is 6.20 Å². The molecule has 0 aliphatic rings. The number of halogens is 1. The fourth-order valence-electron chi connectivity index (χ4n) is 2.50. The molecule has 3 aromatic rings. The molecule has 25 heavy (non-hydrogen) atoms. The summed E-state index contributed by atoms with van der Waals surface area (Å²) < 4.78 is 14.2. The van der Waals surface area contributed by atoms with Crippen molar-refractivity contribution in [1.29, 1.82) is 0 Å². The SMILES string of the molecule is Cc1ccc(C)c(Nc2ncc(F)c(Nc3cc(C)ccc3C)n2)c1. The minimum absolute atomic E-state index is 0.150. The molecule has 0 bridgehead atoms. The summed E-state index contributed by atoms with van der Waals surface area (Å²) >= 11 is 0. The maximum atomic E-state index is 14.2.